The van der Waals surface area contributed by atoms with Crippen LogP contribution in [0.1, 0.15) is 17.4 Å². The van der Waals surface area contributed by atoms with Gasteiger partial charge in [0.25, 0.3) is 0 Å². The minimum atomic E-state index is -1.35. The van der Waals surface area contributed by atoms with Crippen LogP contribution in [0.4, 0.5) is 4.79 Å². The Bertz CT molecular complexity index is 318. The molecule has 78 valence electrons. The Hall–Kier alpha value is -0.850. The van der Waals surface area contributed by atoms with Crippen molar-refractivity contribution in [3.8, 4) is 0 Å². The Morgan fingerprint density at radius 1 is 1.86 bits per heavy atom. The Morgan fingerprint density at radius 3 is 3.07 bits per heavy atom. The average molecular weight is 236 g/mol. The average Bonchev–Trinajstić information content (AvgIpc) is 2.50. The van der Waals surface area contributed by atoms with Crippen LogP contribution in [0.15, 0.2) is 5.51 Å². The maximum atomic E-state index is 9.99. The summed E-state index contributed by atoms with van der Waals surface area (Å²) in [5, 5.41) is 21.8. The van der Waals surface area contributed by atoms with Gasteiger partial charge in [0, 0.05) is 6.54 Å². The molecule has 1 heterocycles. The normalized spacial score (nSPS) is 12.4. The van der Waals surface area contributed by atoms with Gasteiger partial charge in [-0.25, -0.2) is 4.98 Å². The van der Waals surface area contributed by atoms with Gasteiger partial charge in [-0.3, -0.25) is 0 Å². The van der Waals surface area contributed by atoms with Gasteiger partial charge in [-0.15, -0.1) is 11.3 Å². The first kappa shape index (κ1) is 11.2. The zero-order valence-corrected chi connectivity index (χ0v) is 8.64. The summed E-state index contributed by atoms with van der Waals surface area (Å²) in [7, 11) is 0. The van der Waals surface area contributed by atoms with Gasteiger partial charge in [0.1, 0.15) is 11.2 Å². The van der Waals surface area contributed by atoms with Crippen LogP contribution in [0, 0.1) is 0 Å². The maximum Gasteiger partial charge on any atom is 0.145 e. The van der Waals surface area contributed by atoms with Crippen LogP contribution in [0.2, 0.25) is 5.15 Å². The number of carbonyl (C=O) groups is 1. The predicted octanol–water partition coefficient (Wildman–Crippen LogP) is 0.153. The van der Waals surface area contributed by atoms with Crippen molar-refractivity contribution in [2.24, 2.45) is 0 Å². The molecule has 1 aromatic heterocycles. The van der Waals surface area contributed by atoms with Crippen LogP contribution in [0.3, 0.4) is 0 Å². The summed E-state index contributed by atoms with van der Waals surface area (Å²) in [5.41, 5.74) is 1.52. The summed E-state index contributed by atoms with van der Waals surface area (Å²) >= 11 is 6.90. The first-order valence-electron chi connectivity index (χ1n) is 3.83. The Morgan fingerprint density at radius 2 is 2.57 bits per heavy atom. The highest BCUT2D eigenvalue weighted by atomic mass is 35.5. The fourth-order valence-electron chi connectivity index (χ4n) is 0.900. The van der Waals surface area contributed by atoms with E-state index in [0.29, 0.717) is 4.88 Å². The SMILES string of the molecule is O=C([O-])NCCC(O)c1scnc1Cl. The highest BCUT2D eigenvalue weighted by Gasteiger charge is 2.13. The van der Waals surface area contributed by atoms with E-state index < -0.39 is 12.2 Å². The van der Waals surface area contributed by atoms with E-state index in [4.69, 9.17) is 11.6 Å². The van der Waals surface area contributed by atoms with Crippen LogP contribution in [0.5, 0.6) is 0 Å². The number of nitrogens with one attached hydrogen (secondary N) is 1. The van der Waals surface area contributed by atoms with Crippen molar-refractivity contribution in [3.63, 3.8) is 0 Å². The quantitative estimate of drug-likeness (QED) is 0.778. The molecule has 0 saturated heterocycles. The first-order valence-corrected chi connectivity index (χ1v) is 5.09. The van der Waals surface area contributed by atoms with Crippen molar-refractivity contribution in [1.82, 2.24) is 10.3 Å². The number of carboxylic acid groups (broad SMARTS) is 1. The first-order chi connectivity index (χ1) is 6.61. The molecule has 0 radical (unpaired) electrons. The molecular weight excluding hydrogens is 228 g/mol. The van der Waals surface area contributed by atoms with E-state index in [-0.39, 0.29) is 18.1 Å². The van der Waals surface area contributed by atoms with Gasteiger partial charge in [-0.05, 0) is 6.42 Å². The molecular formula is C7H8ClN2O3S-. The molecule has 1 rings (SSSR count). The lowest BCUT2D eigenvalue weighted by molar-refractivity contribution is -0.250. The van der Waals surface area contributed by atoms with Gasteiger partial charge >= 0.3 is 0 Å². The van der Waals surface area contributed by atoms with Crippen molar-refractivity contribution in [1.29, 1.82) is 0 Å². The number of rotatable bonds is 4. The molecule has 0 aromatic carbocycles. The molecule has 0 saturated carbocycles. The second kappa shape index (κ2) is 5.14. The molecule has 1 unspecified atom stereocenters. The summed E-state index contributed by atoms with van der Waals surface area (Å²) in [4.78, 5) is 14.3. The molecule has 1 aromatic rings. The van der Waals surface area contributed by atoms with Crippen LogP contribution < -0.4 is 10.4 Å². The minimum Gasteiger partial charge on any atom is -0.530 e. The van der Waals surface area contributed by atoms with Gasteiger partial charge in [-0.1, -0.05) is 11.6 Å². The van der Waals surface area contributed by atoms with E-state index in [1.165, 1.54) is 16.8 Å². The van der Waals surface area contributed by atoms with Crippen molar-refractivity contribution in [3.05, 3.63) is 15.5 Å². The fraction of sp³-hybridized carbons (Fsp3) is 0.429. The lowest BCUT2D eigenvalue weighted by Crippen LogP contribution is -2.37. The number of hydrogen-bond donors (Lipinski definition) is 2. The smallest absolute Gasteiger partial charge is 0.145 e. The molecule has 0 aliphatic heterocycles. The van der Waals surface area contributed by atoms with Crippen molar-refractivity contribution >= 4 is 29.0 Å². The van der Waals surface area contributed by atoms with E-state index in [0.717, 1.165) is 0 Å². The third-order valence-electron chi connectivity index (χ3n) is 1.54. The van der Waals surface area contributed by atoms with E-state index in [9.17, 15) is 15.0 Å². The van der Waals surface area contributed by atoms with E-state index in [1.807, 2.05) is 5.32 Å². The summed E-state index contributed by atoms with van der Waals surface area (Å²) in [5.74, 6) is 0. The van der Waals surface area contributed by atoms with Crippen molar-refractivity contribution < 1.29 is 15.0 Å². The summed E-state index contributed by atoms with van der Waals surface area (Å²) in [6.07, 6.45) is -1.90. The monoisotopic (exact) mass is 235 g/mol. The summed E-state index contributed by atoms with van der Waals surface area (Å²) in [6, 6.07) is 0. The largest absolute Gasteiger partial charge is 0.530 e. The molecule has 0 aliphatic rings. The van der Waals surface area contributed by atoms with E-state index in [1.54, 1.807) is 0 Å². The van der Waals surface area contributed by atoms with Gasteiger partial charge < -0.3 is 20.3 Å². The summed E-state index contributed by atoms with van der Waals surface area (Å²) in [6.45, 7) is 0.123. The van der Waals surface area contributed by atoms with Crippen LogP contribution in [-0.4, -0.2) is 22.7 Å². The van der Waals surface area contributed by atoms with Gasteiger partial charge in [0.15, 0.2) is 0 Å². The molecule has 5 nitrogen and oxygen atoms in total. The van der Waals surface area contributed by atoms with Crippen molar-refractivity contribution in [2.45, 2.75) is 12.5 Å². The van der Waals surface area contributed by atoms with Crippen molar-refractivity contribution in [2.75, 3.05) is 6.54 Å². The van der Waals surface area contributed by atoms with Crippen LogP contribution >= 0.6 is 22.9 Å². The minimum absolute atomic E-state index is 0.123. The number of thiazole rings is 1. The second-order valence-electron chi connectivity index (χ2n) is 2.53. The third-order valence-corrected chi connectivity index (χ3v) is 2.88. The zero-order chi connectivity index (χ0) is 10.6. The highest BCUT2D eigenvalue weighted by molar-refractivity contribution is 7.10. The molecule has 1 amide bonds. The number of aliphatic hydroxyl groups excluding tert-OH is 1. The number of aromatic nitrogens is 1. The Balaban J connectivity index is 2.39. The molecule has 0 spiro atoms. The van der Waals surface area contributed by atoms with Crippen LogP contribution in [0.25, 0.3) is 0 Å². The lowest BCUT2D eigenvalue weighted by atomic mass is 10.2. The van der Waals surface area contributed by atoms with E-state index in [2.05, 4.69) is 4.98 Å². The molecule has 0 aliphatic carbocycles. The molecule has 0 bridgehead atoms. The Labute approximate surface area is 89.4 Å². The van der Waals surface area contributed by atoms with Gasteiger partial charge in [0.2, 0.25) is 0 Å². The topological polar surface area (TPSA) is 85.3 Å². The molecule has 0 fully saturated rings. The molecule has 14 heavy (non-hydrogen) atoms. The summed E-state index contributed by atoms with van der Waals surface area (Å²) < 4.78 is 0. The number of nitrogens with zero attached hydrogens (tertiary/aromatic N) is 1. The Kier molecular flexibility index (Phi) is 4.12. The molecule has 2 N–H and O–H groups in total. The number of aliphatic hydroxyl groups is 1. The molecule has 7 heteroatoms. The number of amides is 1. The number of carbonyl (C=O) groups excluding carboxylic acids is 1. The number of hydrogen-bond acceptors (Lipinski definition) is 5. The van der Waals surface area contributed by atoms with Crippen LogP contribution in [-0.2, 0) is 0 Å². The highest BCUT2D eigenvalue weighted by Crippen LogP contribution is 2.27. The standard InChI is InChI=1S/C7H9ClN2O3S/c8-6-5(14-3-10-6)4(11)1-2-9-7(12)13/h3-4,9,11H,1-2H2,(H,12,13)/p-1. The molecule has 1 atom stereocenters. The maximum absolute atomic E-state index is 9.99. The third kappa shape index (κ3) is 3.13. The van der Waals surface area contributed by atoms with E-state index >= 15 is 0 Å². The number of halogens is 1. The van der Waals surface area contributed by atoms with Gasteiger partial charge in [0.05, 0.1) is 16.5 Å². The van der Waals surface area contributed by atoms with Gasteiger partial charge in [-0.2, -0.15) is 0 Å². The fourth-order valence-corrected chi connectivity index (χ4v) is 1.96. The predicted molar refractivity (Wildman–Crippen MR) is 50.1 cm³/mol. The second-order valence-corrected chi connectivity index (χ2v) is 3.77. The lowest BCUT2D eigenvalue weighted by Gasteiger charge is -2.10. The zero-order valence-electron chi connectivity index (χ0n) is 7.07.